The molecule has 150 valence electrons. The lowest BCUT2D eigenvalue weighted by molar-refractivity contribution is -0.0328. The van der Waals surface area contributed by atoms with Crippen molar-refractivity contribution in [2.24, 2.45) is 0 Å². The van der Waals surface area contributed by atoms with Gasteiger partial charge in [0, 0.05) is 43.2 Å². The molecule has 0 bridgehead atoms. The van der Waals surface area contributed by atoms with Crippen molar-refractivity contribution in [2.45, 2.75) is 16.9 Å². The third kappa shape index (κ3) is 5.65. The zero-order valence-corrected chi connectivity index (χ0v) is 16.2. The highest BCUT2D eigenvalue weighted by molar-refractivity contribution is 8.00. The van der Waals surface area contributed by atoms with Gasteiger partial charge in [0.05, 0.1) is 7.11 Å². The van der Waals surface area contributed by atoms with Crippen LogP contribution in [0.1, 0.15) is 15.9 Å². The first-order valence-electron chi connectivity index (χ1n) is 8.84. The second-order valence-corrected chi connectivity index (χ2v) is 7.63. The van der Waals surface area contributed by atoms with E-state index in [4.69, 9.17) is 4.74 Å². The quantitative estimate of drug-likeness (QED) is 0.690. The molecule has 1 saturated heterocycles. The Morgan fingerprint density at radius 2 is 1.61 bits per heavy atom. The number of alkyl halides is 3. The third-order valence-electron chi connectivity index (χ3n) is 4.56. The van der Waals surface area contributed by atoms with Crippen molar-refractivity contribution in [3.8, 4) is 5.75 Å². The number of benzene rings is 2. The van der Waals surface area contributed by atoms with Gasteiger partial charge in [-0.1, -0.05) is 12.1 Å². The Morgan fingerprint density at radius 3 is 2.14 bits per heavy atom. The molecule has 1 aliphatic rings. The fourth-order valence-electron chi connectivity index (χ4n) is 3.08. The minimum Gasteiger partial charge on any atom is -0.497 e. The van der Waals surface area contributed by atoms with Gasteiger partial charge in [-0.05, 0) is 53.7 Å². The number of nitrogens with zero attached hydrogens (tertiary/aromatic N) is 2. The van der Waals surface area contributed by atoms with Crippen molar-refractivity contribution in [1.82, 2.24) is 9.80 Å². The van der Waals surface area contributed by atoms with Gasteiger partial charge in [0.15, 0.2) is 0 Å². The van der Waals surface area contributed by atoms with Crippen LogP contribution in [0.2, 0.25) is 0 Å². The summed E-state index contributed by atoms with van der Waals surface area (Å²) < 4.78 is 42.4. The molecule has 0 unspecified atom stereocenters. The minimum atomic E-state index is -4.33. The molecule has 2 aromatic rings. The summed E-state index contributed by atoms with van der Waals surface area (Å²) >= 11 is -0.179. The monoisotopic (exact) mass is 410 g/mol. The van der Waals surface area contributed by atoms with Crippen LogP contribution >= 0.6 is 11.8 Å². The summed E-state index contributed by atoms with van der Waals surface area (Å²) in [7, 11) is 1.63. The number of thioether (sulfide) groups is 1. The Kier molecular flexibility index (Phi) is 6.51. The average Bonchev–Trinajstić information content (AvgIpc) is 2.68. The molecule has 0 aliphatic carbocycles. The Morgan fingerprint density at radius 1 is 1.00 bits per heavy atom. The summed E-state index contributed by atoms with van der Waals surface area (Å²) in [6.07, 6.45) is 0. The highest BCUT2D eigenvalue weighted by Crippen LogP contribution is 2.36. The van der Waals surface area contributed by atoms with Gasteiger partial charge in [-0.25, -0.2) is 0 Å². The van der Waals surface area contributed by atoms with Crippen LogP contribution in [-0.2, 0) is 6.54 Å². The van der Waals surface area contributed by atoms with Gasteiger partial charge >= 0.3 is 5.51 Å². The average molecular weight is 410 g/mol. The molecular formula is C20H21F3N2O2S. The van der Waals surface area contributed by atoms with Gasteiger partial charge in [-0.3, -0.25) is 9.69 Å². The summed E-state index contributed by atoms with van der Waals surface area (Å²) in [6, 6.07) is 13.5. The molecule has 3 rings (SSSR count). The van der Waals surface area contributed by atoms with E-state index in [0.29, 0.717) is 18.7 Å². The second-order valence-electron chi connectivity index (χ2n) is 6.49. The van der Waals surface area contributed by atoms with Gasteiger partial charge in [0.2, 0.25) is 0 Å². The van der Waals surface area contributed by atoms with Gasteiger partial charge in [-0.2, -0.15) is 13.2 Å². The molecule has 1 heterocycles. The maximum atomic E-state index is 12.6. The molecule has 2 aromatic carbocycles. The molecule has 0 radical (unpaired) electrons. The molecule has 0 aromatic heterocycles. The number of carbonyl (C=O) groups is 1. The number of hydrogen-bond acceptors (Lipinski definition) is 4. The number of hydrogen-bond donors (Lipinski definition) is 0. The van der Waals surface area contributed by atoms with Crippen molar-refractivity contribution in [3.63, 3.8) is 0 Å². The lowest BCUT2D eigenvalue weighted by Gasteiger charge is -2.34. The lowest BCUT2D eigenvalue weighted by atomic mass is 10.1. The van der Waals surface area contributed by atoms with Crippen LogP contribution in [0.25, 0.3) is 0 Å². The summed E-state index contributed by atoms with van der Waals surface area (Å²) in [5.41, 5.74) is -2.74. The Bertz CT molecular complexity index is 787. The van der Waals surface area contributed by atoms with Crippen LogP contribution in [0.4, 0.5) is 13.2 Å². The standard InChI is InChI=1S/C20H21F3N2O2S/c1-27-17-6-2-15(3-7-17)14-24-10-12-25(13-11-24)19(26)16-4-8-18(9-5-16)28-20(21,22)23/h2-9H,10-14H2,1H3. The van der Waals surface area contributed by atoms with Gasteiger partial charge in [0.1, 0.15) is 5.75 Å². The van der Waals surface area contributed by atoms with E-state index >= 15 is 0 Å². The summed E-state index contributed by atoms with van der Waals surface area (Å²) in [4.78, 5) is 16.7. The van der Waals surface area contributed by atoms with Crippen LogP contribution in [-0.4, -0.2) is 54.5 Å². The van der Waals surface area contributed by atoms with Gasteiger partial charge < -0.3 is 9.64 Å². The summed E-state index contributed by atoms with van der Waals surface area (Å²) in [5.74, 6) is 0.673. The van der Waals surface area contributed by atoms with Crippen LogP contribution in [0.5, 0.6) is 5.75 Å². The van der Waals surface area contributed by atoms with Gasteiger partial charge in [0.25, 0.3) is 5.91 Å². The first-order valence-corrected chi connectivity index (χ1v) is 9.66. The fraction of sp³-hybridized carbons (Fsp3) is 0.350. The molecular weight excluding hydrogens is 389 g/mol. The molecule has 8 heteroatoms. The zero-order chi connectivity index (χ0) is 20.1. The van der Waals surface area contributed by atoms with Crippen LogP contribution in [0.3, 0.4) is 0 Å². The van der Waals surface area contributed by atoms with E-state index in [1.807, 2.05) is 24.3 Å². The number of halogens is 3. The molecule has 28 heavy (non-hydrogen) atoms. The smallest absolute Gasteiger partial charge is 0.446 e. The molecule has 0 spiro atoms. The highest BCUT2D eigenvalue weighted by Gasteiger charge is 2.29. The summed E-state index contributed by atoms with van der Waals surface area (Å²) in [5, 5.41) is 0. The number of rotatable bonds is 5. The van der Waals surface area contributed by atoms with E-state index in [0.717, 1.165) is 25.4 Å². The van der Waals surface area contributed by atoms with Crippen LogP contribution < -0.4 is 4.74 Å². The van der Waals surface area contributed by atoms with Crippen LogP contribution in [0.15, 0.2) is 53.4 Å². The predicted molar refractivity (Wildman–Crippen MR) is 103 cm³/mol. The van der Waals surface area contributed by atoms with E-state index in [1.54, 1.807) is 12.0 Å². The van der Waals surface area contributed by atoms with Gasteiger partial charge in [-0.15, -0.1) is 0 Å². The van der Waals surface area contributed by atoms with E-state index in [9.17, 15) is 18.0 Å². The van der Waals surface area contributed by atoms with Crippen molar-refractivity contribution in [1.29, 1.82) is 0 Å². The Hall–Kier alpha value is -2.19. The van der Waals surface area contributed by atoms with Crippen molar-refractivity contribution >= 4 is 17.7 Å². The topological polar surface area (TPSA) is 32.8 Å². The van der Waals surface area contributed by atoms with Crippen LogP contribution in [0, 0.1) is 0 Å². The first-order chi connectivity index (χ1) is 13.3. The highest BCUT2D eigenvalue weighted by atomic mass is 32.2. The Balaban J connectivity index is 1.51. The first kappa shape index (κ1) is 20.5. The van der Waals surface area contributed by atoms with Crippen molar-refractivity contribution < 1.29 is 22.7 Å². The number of methoxy groups -OCH3 is 1. The fourth-order valence-corrected chi connectivity index (χ4v) is 3.62. The number of carbonyl (C=O) groups excluding carboxylic acids is 1. The Labute approximate surface area is 166 Å². The largest absolute Gasteiger partial charge is 0.497 e. The summed E-state index contributed by atoms with van der Waals surface area (Å²) in [6.45, 7) is 3.48. The zero-order valence-electron chi connectivity index (χ0n) is 15.4. The number of piperazine rings is 1. The van der Waals surface area contributed by atoms with Crippen molar-refractivity contribution in [3.05, 3.63) is 59.7 Å². The molecule has 4 nitrogen and oxygen atoms in total. The maximum Gasteiger partial charge on any atom is 0.446 e. The number of ether oxygens (including phenoxy) is 1. The van der Waals surface area contributed by atoms with E-state index in [-0.39, 0.29) is 22.6 Å². The van der Waals surface area contributed by atoms with E-state index < -0.39 is 5.51 Å². The molecule has 1 fully saturated rings. The molecule has 1 aliphatic heterocycles. The second kappa shape index (κ2) is 8.87. The molecule has 1 amide bonds. The van der Waals surface area contributed by atoms with E-state index in [2.05, 4.69) is 4.90 Å². The molecule has 0 N–H and O–H groups in total. The lowest BCUT2D eigenvalue weighted by Crippen LogP contribution is -2.48. The number of amides is 1. The minimum absolute atomic E-state index is 0.0772. The normalized spacial score (nSPS) is 15.5. The van der Waals surface area contributed by atoms with Crippen molar-refractivity contribution in [2.75, 3.05) is 33.3 Å². The SMILES string of the molecule is COc1ccc(CN2CCN(C(=O)c3ccc(SC(F)(F)F)cc3)CC2)cc1. The molecule has 0 atom stereocenters. The van der Waals surface area contributed by atoms with E-state index in [1.165, 1.54) is 29.8 Å². The molecule has 0 saturated carbocycles. The third-order valence-corrected chi connectivity index (χ3v) is 5.30. The maximum absolute atomic E-state index is 12.6. The predicted octanol–water partition coefficient (Wildman–Crippen LogP) is 4.27.